The van der Waals surface area contributed by atoms with E-state index in [9.17, 15) is 9.59 Å². The van der Waals surface area contributed by atoms with Crippen molar-refractivity contribution < 1.29 is 9.59 Å². The predicted octanol–water partition coefficient (Wildman–Crippen LogP) is 0.0201. The number of hydrogen-bond donors (Lipinski definition) is 2. The Bertz CT molecular complexity index is 643. The lowest BCUT2D eigenvalue weighted by atomic mass is 10.2. The first-order valence-corrected chi connectivity index (χ1v) is 5.28. The van der Waals surface area contributed by atoms with Gasteiger partial charge in [0.15, 0.2) is 6.29 Å². The molecule has 18 heavy (non-hydrogen) atoms. The summed E-state index contributed by atoms with van der Waals surface area (Å²) in [5, 5.41) is 5.11. The molecule has 6 nitrogen and oxygen atoms in total. The van der Waals surface area contributed by atoms with E-state index in [4.69, 9.17) is 11.5 Å². The van der Waals surface area contributed by atoms with Crippen LogP contribution in [0.5, 0.6) is 0 Å². The minimum absolute atomic E-state index is 0.156. The molecule has 0 unspecified atom stereocenters. The maximum absolute atomic E-state index is 11.0. The minimum atomic E-state index is -0.766. The Morgan fingerprint density at radius 3 is 2.89 bits per heavy atom. The minimum Gasteiger partial charge on any atom is -0.394 e. The summed E-state index contributed by atoms with van der Waals surface area (Å²) in [7, 11) is 0. The zero-order valence-corrected chi connectivity index (χ0v) is 9.54. The van der Waals surface area contributed by atoms with Crippen molar-refractivity contribution in [2.75, 3.05) is 0 Å². The Morgan fingerprint density at radius 1 is 1.44 bits per heavy atom. The average molecular weight is 244 g/mol. The molecule has 0 aliphatic rings. The lowest BCUT2D eigenvalue weighted by Gasteiger charge is -1.94. The van der Waals surface area contributed by atoms with Gasteiger partial charge in [0.2, 0.25) is 5.78 Å². The van der Waals surface area contributed by atoms with Crippen molar-refractivity contribution in [1.29, 1.82) is 0 Å². The van der Waals surface area contributed by atoms with Crippen molar-refractivity contribution in [3.05, 3.63) is 35.7 Å². The van der Waals surface area contributed by atoms with Crippen LogP contribution in [0.1, 0.15) is 5.56 Å². The molecule has 0 spiro atoms. The first-order valence-electron chi connectivity index (χ1n) is 5.28. The summed E-state index contributed by atoms with van der Waals surface area (Å²) in [6.45, 7) is 0.435. The topological polar surface area (TPSA) is 104 Å². The second kappa shape index (κ2) is 4.80. The summed E-state index contributed by atoms with van der Waals surface area (Å²) >= 11 is 0. The van der Waals surface area contributed by atoms with E-state index in [1.807, 2.05) is 18.2 Å². The molecular weight excluding hydrogens is 232 g/mol. The van der Waals surface area contributed by atoms with E-state index < -0.39 is 5.78 Å². The first kappa shape index (κ1) is 12.0. The summed E-state index contributed by atoms with van der Waals surface area (Å²) in [6, 6.07) is 5.64. The number of nitrogens with zero attached hydrogens (tertiary/aromatic N) is 2. The smallest absolute Gasteiger partial charge is 0.242 e. The quantitative estimate of drug-likeness (QED) is 0.448. The summed E-state index contributed by atoms with van der Waals surface area (Å²) in [5.41, 5.74) is 12.5. The molecule has 0 saturated carbocycles. The van der Waals surface area contributed by atoms with Crippen molar-refractivity contribution in [3.63, 3.8) is 0 Å². The van der Waals surface area contributed by atoms with E-state index in [2.05, 4.69) is 5.10 Å². The molecule has 6 heteroatoms. The van der Waals surface area contributed by atoms with Crippen LogP contribution in [-0.2, 0) is 16.1 Å². The van der Waals surface area contributed by atoms with Gasteiger partial charge in [-0.05, 0) is 11.6 Å². The molecule has 0 aliphatic carbocycles. The van der Waals surface area contributed by atoms with Gasteiger partial charge in [0.25, 0.3) is 0 Å². The third kappa shape index (κ3) is 2.28. The van der Waals surface area contributed by atoms with Crippen LogP contribution in [0.15, 0.2) is 30.1 Å². The highest BCUT2D eigenvalue weighted by atomic mass is 16.2. The number of benzene rings is 1. The van der Waals surface area contributed by atoms with Crippen molar-refractivity contribution in [3.8, 4) is 0 Å². The number of allylic oxidation sites excluding steroid dienone is 1. The maximum atomic E-state index is 11.0. The van der Waals surface area contributed by atoms with Gasteiger partial charge in [-0.15, -0.1) is 0 Å². The second-order valence-electron chi connectivity index (χ2n) is 3.77. The Balaban J connectivity index is 2.41. The van der Waals surface area contributed by atoms with Gasteiger partial charge >= 0.3 is 0 Å². The van der Waals surface area contributed by atoms with Crippen molar-refractivity contribution in [2.24, 2.45) is 11.5 Å². The molecule has 4 N–H and O–H groups in total. The number of hydrogen-bond acceptors (Lipinski definition) is 5. The van der Waals surface area contributed by atoms with Crippen molar-refractivity contribution >= 4 is 29.2 Å². The first-order chi connectivity index (χ1) is 8.63. The molecule has 0 fully saturated rings. The van der Waals surface area contributed by atoms with E-state index in [1.54, 1.807) is 6.20 Å². The summed E-state index contributed by atoms with van der Waals surface area (Å²) < 4.78 is 1.40. The van der Waals surface area contributed by atoms with Gasteiger partial charge in [-0.2, -0.15) is 5.10 Å². The number of nitrogens with two attached hydrogens (primary N) is 2. The number of carbonyl (C=O) groups excluding carboxylic acids is 2. The number of aldehydes is 1. The normalized spacial score (nSPS) is 11.7. The number of ketones is 1. The maximum Gasteiger partial charge on any atom is 0.242 e. The predicted molar refractivity (Wildman–Crippen MR) is 67.2 cm³/mol. The van der Waals surface area contributed by atoms with Gasteiger partial charge in [0.05, 0.1) is 11.7 Å². The molecule has 1 aromatic carbocycles. The van der Waals surface area contributed by atoms with Gasteiger partial charge in [-0.3, -0.25) is 9.59 Å². The van der Waals surface area contributed by atoms with E-state index >= 15 is 0 Å². The van der Waals surface area contributed by atoms with E-state index in [0.29, 0.717) is 6.54 Å². The van der Waals surface area contributed by atoms with Crippen LogP contribution in [0.2, 0.25) is 0 Å². The molecule has 0 amide bonds. The lowest BCUT2D eigenvalue weighted by molar-refractivity contribution is -0.127. The SMILES string of the molecule is NCc1ccc2cn(/C=C(\N)C(=O)C=O)nc2c1. The molecule has 0 saturated heterocycles. The Morgan fingerprint density at radius 2 is 2.22 bits per heavy atom. The Labute approximate surface area is 103 Å². The third-order valence-corrected chi connectivity index (χ3v) is 2.49. The van der Waals surface area contributed by atoms with Crippen molar-refractivity contribution in [2.45, 2.75) is 6.54 Å². The van der Waals surface area contributed by atoms with E-state index in [-0.39, 0.29) is 12.0 Å². The van der Waals surface area contributed by atoms with Gasteiger partial charge in [-0.1, -0.05) is 12.1 Å². The molecule has 1 aromatic heterocycles. The number of Topliss-reactive ketones (excluding diaryl/α,β-unsaturated/α-hetero) is 1. The Kier molecular flexibility index (Phi) is 3.20. The molecular formula is C12H12N4O2. The standard InChI is InChI=1S/C12H12N4O2/c13-4-8-1-2-9-5-16(15-11(9)3-8)6-10(14)12(18)7-17/h1-3,5-7H,4,13-14H2/b10-6-. The molecule has 0 bridgehead atoms. The van der Waals surface area contributed by atoms with Crippen LogP contribution in [-0.4, -0.2) is 21.8 Å². The molecule has 2 rings (SSSR count). The molecule has 0 atom stereocenters. The zero-order chi connectivity index (χ0) is 13.1. The highest BCUT2D eigenvalue weighted by Crippen LogP contribution is 2.14. The molecule has 0 aliphatic heterocycles. The van der Waals surface area contributed by atoms with Crippen LogP contribution in [0.25, 0.3) is 17.1 Å². The molecule has 92 valence electrons. The summed E-state index contributed by atoms with van der Waals surface area (Å²) in [6.07, 6.45) is 3.18. The fraction of sp³-hybridized carbons (Fsp3) is 0.0833. The largest absolute Gasteiger partial charge is 0.394 e. The lowest BCUT2D eigenvalue weighted by Crippen LogP contribution is -2.13. The zero-order valence-electron chi connectivity index (χ0n) is 9.54. The van der Waals surface area contributed by atoms with Crippen LogP contribution in [0.4, 0.5) is 0 Å². The Hall–Kier alpha value is -2.47. The van der Waals surface area contributed by atoms with E-state index in [0.717, 1.165) is 16.5 Å². The summed E-state index contributed by atoms with van der Waals surface area (Å²) in [4.78, 5) is 21.3. The fourth-order valence-electron chi connectivity index (χ4n) is 1.55. The van der Waals surface area contributed by atoms with E-state index in [1.165, 1.54) is 10.9 Å². The van der Waals surface area contributed by atoms with Crippen LogP contribution in [0.3, 0.4) is 0 Å². The van der Waals surface area contributed by atoms with Crippen LogP contribution < -0.4 is 11.5 Å². The van der Waals surface area contributed by atoms with Crippen LogP contribution in [0, 0.1) is 0 Å². The highest BCUT2D eigenvalue weighted by Gasteiger charge is 2.05. The third-order valence-electron chi connectivity index (χ3n) is 2.49. The molecule has 0 radical (unpaired) electrons. The van der Waals surface area contributed by atoms with Gasteiger partial charge in [-0.25, -0.2) is 4.68 Å². The highest BCUT2D eigenvalue weighted by molar-refractivity contribution is 6.33. The second-order valence-corrected chi connectivity index (χ2v) is 3.77. The van der Waals surface area contributed by atoms with Gasteiger partial charge < -0.3 is 11.5 Å². The average Bonchev–Trinajstić information content (AvgIpc) is 2.78. The van der Waals surface area contributed by atoms with Crippen LogP contribution >= 0.6 is 0 Å². The number of fused-ring (bicyclic) bond motifs is 1. The fourth-order valence-corrected chi connectivity index (χ4v) is 1.55. The van der Waals surface area contributed by atoms with Crippen molar-refractivity contribution in [1.82, 2.24) is 9.78 Å². The molecule has 1 heterocycles. The monoisotopic (exact) mass is 244 g/mol. The number of aromatic nitrogens is 2. The molecule has 2 aromatic rings. The summed E-state index contributed by atoms with van der Waals surface area (Å²) in [5.74, 6) is -0.766. The number of rotatable bonds is 4. The van der Waals surface area contributed by atoms with Gasteiger partial charge in [0, 0.05) is 18.1 Å². The van der Waals surface area contributed by atoms with Gasteiger partial charge in [0.1, 0.15) is 5.70 Å². The number of carbonyl (C=O) groups is 2.